The first kappa shape index (κ1) is 8.87. The maximum absolute atomic E-state index is 10.9. The molecule has 0 radical (unpaired) electrons. The molecule has 1 rings (SSSR count). The Morgan fingerprint density at radius 2 is 2.50 bits per heavy atom. The van der Waals surface area contributed by atoms with Gasteiger partial charge in [0, 0.05) is 4.91 Å². The van der Waals surface area contributed by atoms with Crippen molar-refractivity contribution in [2.45, 2.75) is 32.4 Å². The van der Waals surface area contributed by atoms with Gasteiger partial charge in [0.05, 0.1) is 12.0 Å². The lowest BCUT2D eigenvalue weighted by atomic mass is 10.0. The molecular weight excluding hydrogens is 158 g/mol. The van der Waals surface area contributed by atoms with Crippen LogP contribution in [0.25, 0.3) is 10.4 Å². The highest BCUT2D eigenvalue weighted by Crippen LogP contribution is 2.23. The van der Waals surface area contributed by atoms with Gasteiger partial charge >= 0.3 is 5.97 Å². The Labute approximate surface area is 70.3 Å². The number of nitrogens with zero attached hydrogens (tertiary/aromatic N) is 3. The Morgan fingerprint density at radius 1 is 1.83 bits per heavy atom. The van der Waals surface area contributed by atoms with Crippen LogP contribution in [-0.4, -0.2) is 18.1 Å². The Morgan fingerprint density at radius 3 is 2.92 bits per heavy atom. The molecule has 1 saturated heterocycles. The van der Waals surface area contributed by atoms with Crippen LogP contribution in [0.15, 0.2) is 5.11 Å². The largest absolute Gasteiger partial charge is 0.462 e. The second-order valence-corrected chi connectivity index (χ2v) is 3.06. The minimum absolute atomic E-state index is 0.0636. The molecule has 1 aliphatic heterocycles. The van der Waals surface area contributed by atoms with E-state index in [9.17, 15) is 4.79 Å². The van der Waals surface area contributed by atoms with E-state index in [1.165, 1.54) is 0 Å². The average Bonchev–Trinajstić information content (AvgIpc) is 2.33. The molecule has 12 heavy (non-hydrogen) atoms. The molecule has 1 aliphatic rings. The highest BCUT2D eigenvalue weighted by molar-refractivity contribution is 5.74. The summed E-state index contributed by atoms with van der Waals surface area (Å²) in [7, 11) is 0. The minimum atomic E-state index is -0.260. The van der Waals surface area contributed by atoms with Crippen LogP contribution in [0.1, 0.15) is 20.3 Å². The van der Waals surface area contributed by atoms with Gasteiger partial charge in [-0.25, -0.2) is 0 Å². The zero-order valence-corrected chi connectivity index (χ0v) is 7.10. The van der Waals surface area contributed by atoms with Gasteiger partial charge in [0.15, 0.2) is 0 Å². The summed E-state index contributed by atoms with van der Waals surface area (Å²) in [5.74, 6) is -0.258. The molecule has 0 aliphatic carbocycles. The van der Waals surface area contributed by atoms with Crippen molar-refractivity contribution >= 4 is 5.97 Å². The fraction of sp³-hybridized carbons (Fsp3) is 0.857. The summed E-state index contributed by atoms with van der Waals surface area (Å²) in [5, 5.41) is 3.48. The third kappa shape index (κ3) is 1.68. The molecule has 0 bridgehead atoms. The molecule has 1 fully saturated rings. The van der Waals surface area contributed by atoms with E-state index < -0.39 is 0 Å². The summed E-state index contributed by atoms with van der Waals surface area (Å²) >= 11 is 0. The van der Waals surface area contributed by atoms with Gasteiger partial charge in [0.2, 0.25) is 0 Å². The van der Waals surface area contributed by atoms with Crippen LogP contribution in [0.3, 0.4) is 0 Å². The van der Waals surface area contributed by atoms with E-state index in [2.05, 4.69) is 10.0 Å². The van der Waals surface area contributed by atoms with Crippen molar-refractivity contribution in [1.82, 2.24) is 0 Å². The fourth-order valence-corrected chi connectivity index (χ4v) is 1.21. The fourth-order valence-electron chi connectivity index (χ4n) is 1.21. The van der Waals surface area contributed by atoms with Crippen molar-refractivity contribution < 1.29 is 9.53 Å². The van der Waals surface area contributed by atoms with Gasteiger partial charge in [-0.2, -0.15) is 0 Å². The maximum atomic E-state index is 10.9. The van der Waals surface area contributed by atoms with E-state index in [-0.39, 0.29) is 24.0 Å². The first-order chi connectivity index (χ1) is 5.65. The number of ether oxygens (including phenoxy) is 1. The predicted octanol–water partition coefficient (Wildman–Crippen LogP) is 1.64. The zero-order chi connectivity index (χ0) is 9.14. The number of carbonyl (C=O) groups is 1. The van der Waals surface area contributed by atoms with Crippen LogP contribution in [0, 0.1) is 5.92 Å². The molecule has 1 heterocycles. The normalized spacial score (nSPS) is 30.7. The molecular formula is C7H11N3O2. The van der Waals surface area contributed by atoms with Crippen LogP contribution in [-0.2, 0) is 9.53 Å². The molecule has 66 valence electrons. The monoisotopic (exact) mass is 169 g/mol. The average molecular weight is 169 g/mol. The third-order valence-corrected chi connectivity index (χ3v) is 2.03. The summed E-state index contributed by atoms with van der Waals surface area (Å²) in [5.41, 5.74) is 8.15. The number of rotatable bonds is 2. The molecule has 0 aromatic rings. The van der Waals surface area contributed by atoms with Crippen LogP contribution >= 0.6 is 0 Å². The van der Waals surface area contributed by atoms with Crippen molar-refractivity contribution in [3.63, 3.8) is 0 Å². The number of azide groups is 1. The lowest BCUT2D eigenvalue weighted by Crippen LogP contribution is -2.20. The Hall–Kier alpha value is -1.22. The highest BCUT2D eigenvalue weighted by Gasteiger charge is 2.33. The summed E-state index contributed by atoms with van der Waals surface area (Å²) in [6, 6.07) is -0.260. The standard InChI is InChI=1S/C7H11N3O2/c1-4-3-6(12-7(4)11)5(2)9-10-8/h4-6H,3H2,1-2H3. The van der Waals surface area contributed by atoms with E-state index in [0.29, 0.717) is 6.42 Å². The van der Waals surface area contributed by atoms with Crippen molar-refractivity contribution in [2.75, 3.05) is 0 Å². The maximum Gasteiger partial charge on any atom is 0.309 e. The third-order valence-electron chi connectivity index (χ3n) is 2.03. The molecule has 0 spiro atoms. The van der Waals surface area contributed by atoms with Crippen molar-refractivity contribution in [3.05, 3.63) is 10.4 Å². The Bertz CT molecular complexity index is 235. The molecule has 5 heteroatoms. The van der Waals surface area contributed by atoms with Crippen LogP contribution in [0.5, 0.6) is 0 Å². The smallest absolute Gasteiger partial charge is 0.309 e. The van der Waals surface area contributed by atoms with Gasteiger partial charge in [-0.1, -0.05) is 19.0 Å². The number of cyclic esters (lactones) is 1. The summed E-state index contributed by atoms with van der Waals surface area (Å²) in [6.45, 7) is 3.56. The summed E-state index contributed by atoms with van der Waals surface area (Å²) in [4.78, 5) is 13.6. The molecule has 0 amide bonds. The molecule has 3 atom stereocenters. The summed E-state index contributed by atoms with van der Waals surface area (Å²) < 4.78 is 4.98. The van der Waals surface area contributed by atoms with E-state index in [4.69, 9.17) is 10.3 Å². The van der Waals surface area contributed by atoms with Gasteiger partial charge in [-0.3, -0.25) is 4.79 Å². The van der Waals surface area contributed by atoms with E-state index in [0.717, 1.165) is 0 Å². The molecule has 0 saturated carbocycles. The summed E-state index contributed by atoms with van der Waals surface area (Å²) in [6.07, 6.45) is 0.419. The number of hydrogen-bond acceptors (Lipinski definition) is 3. The van der Waals surface area contributed by atoms with Crippen LogP contribution in [0.2, 0.25) is 0 Å². The van der Waals surface area contributed by atoms with Gasteiger partial charge in [-0.05, 0) is 12.0 Å². The van der Waals surface area contributed by atoms with Crippen LogP contribution < -0.4 is 0 Å². The number of esters is 1. The second kappa shape index (κ2) is 3.45. The molecule has 0 aromatic heterocycles. The predicted molar refractivity (Wildman–Crippen MR) is 42.3 cm³/mol. The quantitative estimate of drug-likeness (QED) is 0.272. The zero-order valence-electron chi connectivity index (χ0n) is 7.10. The molecule has 0 aromatic carbocycles. The van der Waals surface area contributed by atoms with E-state index in [1.807, 2.05) is 6.92 Å². The van der Waals surface area contributed by atoms with Crippen molar-refractivity contribution in [2.24, 2.45) is 11.0 Å². The number of carbonyl (C=O) groups excluding carboxylic acids is 1. The van der Waals surface area contributed by atoms with Gasteiger partial charge < -0.3 is 4.74 Å². The van der Waals surface area contributed by atoms with Gasteiger partial charge in [0.1, 0.15) is 6.10 Å². The van der Waals surface area contributed by atoms with E-state index >= 15 is 0 Å². The van der Waals surface area contributed by atoms with Crippen molar-refractivity contribution in [3.8, 4) is 0 Å². The van der Waals surface area contributed by atoms with E-state index in [1.54, 1.807) is 6.92 Å². The minimum Gasteiger partial charge on any atom is -0.462 e. The first-order valence-corrected chi connectivity index (χ1v) is 3.90. The van der Waals surface area contributed by atoms with Gasteiger partial charge in [0.25, 0.3) is 0 Å². The Balaban J connectivity index is 2.56. The lowest BCUT2D eigenvalue weighted by molar-refractivity contribution is -0.144. The van der Waals surface area contributed by atoms with Crippen molar-refractivity contribution in [1.29, 1.82) is 0 Å². The Kier molecular flexibility index (Phi) is 2.55. The molecule has 3 unspecified atom stereocenters. The molecule has 5 nitrogen and oxygen atoms in total. The molecule has 0 N–H and O–H groups in total. The van der Waals surface area contributed by atoms with Crippen LogP contribution in [0.4, 0.5) is 0 Å². The lowest BCUT2D eigenvalue weighted by Gasteiger charge is -2.11. The first-order valence-electron chi connectivity index (χ1n) is 3.90. The SMILES string of the molecule is CC1CC(C(C)N=[N+]=[N-])OC1=O. The second-order valence-electron chi connectivity index (χ2n) is 3.06. The topological polar surface area (TPSA) is 75.1 Å². The van der Waals surface area contributed by atoms with Gasteiger partial charge in [-0.15, -0.1) is 0 Å². The number of hydrogen-bond donors (Lipinski definition) is 0. The highest BCUT2D eigenvalue weighted by atomic mass is 16.6.